The Labute approximate surface area is 158 Å². The van der Waals surface area contributed by atoms with Gasteiger partial charge < -0.3 is 14.4 Å². The van der Waals surface area contributed by atoms with Gasteiger partial charge in [0.05, 0.1) is 5.56 Å². The van der Waals surface area contributed by atoms with E-state index >= 15 is 0 Å². The molecule has 1 amide bonds. The number of para-hydroxylation sites is 1. The van der Waals surface area contributed by atoms with E-state index in [1.54, 1.807) is 25.1 Å². The zero-order chi connectivity index (χ0) is 19.4. The molecule has 0 radical (unpaired) electrons. The lowest BCUT2D eigenvalue weighted by molar-refractivity contribution is -0.0329. The topological polar surface area (TPSA) is 51.7 Å². The van der Waals surface area contributed by atoms with Gasteiger partial charge in [0.1, 0.15) is 18.2 Å². The predicted octanol–water partition coefficient (Wildman–Crippen LogP) is 4.13. The number of fused-ring (bicyclic) bond motifs is 1. The molecule has 1 aromatic heterocycles. The number of pyridine rings is 1. The van der Waals surface area contributed by atoms with Gasteiger partial charge in [0, 0.05) is 36.6 Å². The van der Waals surface area contributed by atoms with Gasteiger partial charge in [-0.25, -0.2) is 4.98 Å². The summed E-state index contributed by atoms with van der Waals surface area (Å²) in [5.41, 5.74) is -3.87. The van der Waals surface area contributed by atoms with Crippen molar-refractivity contribution in [3.8, 4) is 11.5 Å². The monoisotopic (exact) mass is 398 g/mol. The van der Waals surface area contributed by atoms with Gasteiger partial charge in [-0.3, -0.25) is 4.79 Å². The molecule has 3 rings (SSSR count). The summed E-state index contributed by atoms with van der Waals surface area (Å²) in [6, 6.07) is 8.17. The number of hydrogen-bond donors (Lipinski definition) is 0. The fourth-order valence-corrected chi connectivity index (χ4v) is 3.30. The van der Waals surface area contributed by atoms with Crippen LogP contribution in [0.3, 0.4) is 0 Å². The van der Waals surface area contributed by atoms with E-state index in [4.69, 9.17) is 9.47 Å². The minimum Gasteiger partial charge on any atom is -0.486 e. The Hall–Kier alpha value is -2.42. The van der Waals surface area contributed by atoms with Crippen molar-refractivity contribution in [2.24, 2.45) is 0 Å². The number of thioether (sulfide) groups is 1. The van der Waals surface area contributed by atoms with Crippen LogP contribution in [-0.4, -0.2) is 41.1 Å². The number of benzene rings is 1. The smallest absolute Gasteiger partial charge is 0.447 e. The van der Waals surface area contributed by atoms with Gasteiger partial charge in [0.15, 0.2) is 11.5 Å². The molecule has 0 fully saturated rings. The molecule has 27 heavy (non-hydrogen) atoms. The molecule has 0 bridgehead atoms. The summed E-state index contributed by atoms with van der Waals surface area (Å²) < 4.78 is 49.5. The second-order valence-electron chi connectivity index (χ2n) is 5.66. The van der Waals surface area contributed by atoms with Crippen LogP contribution in [0.4, 0.5) is 13.2 Å². The minimum absolute atomic E-state index is 0.0800. The molecule has 1 aliphatic heterocycles. The van der Waals surface area contributed by atoms with Crippen LogP contribution in [0.5, 0.6) is 11.5 Å². The first kappa shape index (κ1) is 19.3. The van der Waals surface area contributed by atoms with Crippen molar-refractivity contribution in [3.05, 3.63) is 47.7 Å². The number of alkyl halides is 3. The molecule has 0 spiro atoms. The van der Waals surface area contributed by atoms with Gasteiger partial charge >= 0.3 is 5.51 Å². The molecule has 144 valence electrons. The van der Waals surface area contributed by atoms with Crippen LogP contribution in [-0.2, 0) is 6.54 Å². The molecular weight excluding hydrogens is 381 g/mol. The Bertz CT molecular complexity index is 830. The van der Waals surface area contributed by atoms with E-state index < -0.39 is 23.2 Å². The number of amides is 1. The Kier molecular flexibility index (Phi) is 5.79. The van der Waals surface area contributed by atoms with E-state index in [9.17, 15) is 18.0 Å². The molecule has 2 heterocycles. The van der Waals surface area contributed by atoms with Crippen LogP contribution in [0.25, 0.3) is 0 Å². The molecular formula is C18H17F3N2O3S. The maximum Gasteiger partial charge on any atom is 0.447 e. The third kappa shape index (κ3) is 4.65. The average Bonchev–Trinajstić information content (AvgIpc) is 2.65. The lowest BCUT2D eigenvalue weighted by Crippen LogP contribution is -2.31. The summed E-state index contributed by atoms with van der Waals surface area (Å²) in [7, 11) is 0. The summed E-state index contributed by atoms with van der Waals surface area (Å²) >= 11 is -0.391. The fourth-order valence-electron chi connectivity index (χ4n) is 2.71. The second-order valence-corrected chi connectivity index (χ2v) is 6.72. The number of carbonyl (C=O) groups is 1. The Morgan fingerprint density at radius 2 is 2.00 bits per heavy atom. The number of nitrogens with zero attached hydrogens (tertiary/aromatic N) is 2. The van der Waals surface area contributed by atoms with Crippen LogP contribution < -0.4 is 9.47 Å². The Balaban J connectivity index is 1.86. The highest BCUT2D eigenvalue weighted by molar-refractivity contribution is 8.00. The van der Waals surface area contributed by atoms with Gasteiger partial charge in [0.25, 0.3) is 5.91 Å². The zero-order valence-corrected chi connectivity index (χ0v) is 15.3. The molecule has 0 N–H and O–H groups in total. The largest absolute Gasteiger partial charge is 0.486 e. The normalized spacial score (nSPS) is 13.3. The first-order chi connectivity index (χ1) is 12.9. The number of aromatic nitrogens is 1. The number of hydrogen-bond acceptors (Lipinski definition) is 5. The van der Waals surface area contributed by atoms with E-state index in [-0.39, 0.29) is 17.1 Å². The summed E-state index contributed by atoms with van der Waals surface area (Å²) in [6.07, 6.45) is 1.24. The van der Waals surface area contributed by atoms with Gasteiger partial charge in [-0.15, -0.1) is 0 Å². The molecule has 0 atom stereocenters. The maximum atomic E-state index is 12.9. The van der Waals surface area contributed by atoms with Crippen LogP contribution in [0.2, 0.25) is 0 Å². The van der Waals surface area contributed by atoms with E-state index in [2.05, 4.69) is 4.98 Å². The molecule has 9 heteroatoms. The Morgan fingerprint density at radius 3 is 2.74 bits per heavy atom. The standard InChI is InChI=1S/C18H17F3N2O3S/c1-2-23(11-12-5-3-7-14-15(12)26-10-9-25-14)17(24)13-6-4-8-22-16(13)27-18(19,20)21/h3-8H,2,9-11H2,1H3. The molecule has 0 saturated carbocycles. The predicted molar refractivity (Wildman–Crippen MR) is 94.0 cm³/mol. The van der Waals surface area contributed by atoms with E-state index in [1.165, 1.54) is 23.2 Å². The second kappa shape index (κ2) is 8.08. The van der Waals surface area contributed by atoms with Gasteiger partial charge in [0.2, 0.25) is 0 Å². The van der Waals surface area contributed by atoms with Crippen molar-refractivity contribution in [3.63, 3.8) is 0 Å². The molecule has 2 aromatic rings. The van der Waals surface area contributed by atoms with Gasteiger partial charge in [-0.1, -0.05) is 12.1 Å². The quantitative estimate of drug-likeness (QED) is 0.709. The maximum absolute atomic E-state index is 12.9. The van der Waals surface area contributed by atoms with Crippen molar-refractivity contribution < 1.29 is 27.4 Å². The molecule has 5 nitrogen and oxygen atoms in total. The number of ether oxygens (including phenoxy) is 2. The van der Waals surface area contributed by atoms with Gasteiger partial charge in [-0.2, -0.15) is 13.2 Å². The molecule has 1 aliphatic rings. The van der Waals surface area contributed by atoms with E-state index in [0.29, 0.717) is 31.3 Å². The SMILES string of the molecule is CCN(Cc1cccc2c1OCCO2)C(=O)c1cccnc1SC(F)(F)F. The molecule has 0 unspecified atom stereocenters. The summed E-state index contributed by atoms with van der Waals surface area (Å²) in [5.74, 6) is 0.634. The van der Waals surface area contributed by atoms with Crippen LogP contribution >= 0.6 is 11.8 Å². The van der Waals surface area contributed by atoms with Crippen molar-refractivity contribution in [1.82, 2.24) is 9.88 Å². The van der Waals surface area contributed by atoms with Crippen LogP contribution in [0.1, 0.15) is 22.8 Å². The highest BCUT2D eigenvalue weighted by Crippen LogP contribution is 2.38. The lowest BCUT2D eigenvalue weighted by Gasteiger charge is -2.26. The van der Waals surface area contributed by atoms with Crippen LogP contribution in [0.15, 0.2) is 41.6 Å². The highest BCUT2D eigenvalue weighted by atomic mass is 32.2. The number of carbonyl (C=O) groups excluding carboxylic acids is 1. The third-order valence-corrected chi connectivity index (χ3v) is 4.64. The van der Waals surface area contributed by atoms with Crippen molar-refractivity contribution >= 4 is 17.7 Å². The highest BCUT2D eigenvalue weighted by Gasteiger charge is 2.33. The first-order valence-electron chi connectivity index (χ1n) is 8.26. The number of halogens is 3. The van der Waals surface area contributed by atoms with E-state index in [1.807, 2.05) is 0 Å². The van der Waals surface area contributed by atoms with Crippen molar-refractivity contribution in [1.29, 1.82) is 0 Å². The minimum atomic E-state index is -4.52. The lowest BCUT2D eigenvalue weighted by atomic mass is 10.1. The summed E-state index contributed by atoms with van der Waals surface area (Å²) in [4.78, 5) is 18.1. The zero-order valence-electron chi connectivity index (χ0n) is 14.5. The van der Waals surface area contributed by atoms with Crippen molar-refractivity contribution in [2.45, 2.75) is 24.0 Å². The van der Waals surface area contributed by atoms with Gasteiger partial charge in [-0.05, 0) is 25.1 Å². The molecule has 1 aromatic carbocycles. The molecule has 0 aliphatic carbocycles. The van der Waals surface area contributed by atoms with Crippen molar-refractivity contribution in [2.75, 3.05) is 19.8 Å². The third-order valence-electron chi connectivity index (χ3n) is 3.89. The van der Waals surface area contributed by atoms with Crippen LogP contribution in [0, 0.1) is 0 Å². The fraction of sp³-hybridized carbons (Fsp3) is 0.333. The average molecular weight is 398 g/mol. The first-order valence-corrected chi connectivity index (χ1v) is 9.08. The Morgan fingerprint density at radius 1 is 1.22 bits per heavy atom. The summed E-state index contributed by atoms with van der Waals surface area (Å²) in [6.45, 7) is 3.11. The summed E-state index contributed by atoms with van der Waals surface area (Å²) in [5, 5.41) is -0.358. The molecule has 0 saturated heterocycles. The van der Waals surface area contributed by atoms with E-state index in [0.717, 1.165) is 5.56 Å². The number of rotatable bonds is 5.